The van der Waals surface area contributed by atoms with Crippen molar-refractivity contribution in [1.29, 1.82) is 0 Å². The summed E-state index contributed by atoms with van der Waals surface area (Å²) in [4.78, 5) is 0. The second-order valence-corrected chi connectivity index (χ2v) is 6.44. The summed E-state index contributed by atoms with van der Waals surface area (Å²) in [6.45, 7) is 10.6. The van der Waals surface area contributed by atoms with E-state index in [0.29, 0.717) is 13.2 Å². The van der Waals surface area contributed by atoms with Gasteiger partial charge in [0.25, 0.3) is 0 Å². The molecule has 0 radical (unpaired) electrons. The van der Waals surface area contributed by atoms with E-state index >= 15 is 0 Å². The molecule has 0 aromatic rings. The van der Waals surface area contributed by atoms with Gasteiger partial charge in [-0.05, 0) is 27.2 Å². The summed E-state index contributed by atoms with van der Waals surface area (Å²) < 4.78 is 17.0. The second-order valence-electron chi connectivity index (χ2n) is 6.44. The van der Waals surface area contributed by atoms with Crippen LogP contribution in [0.5, 0.6) is 0 Å². The minimum Gasteiger partial charge on any atom is -0.378 e. The summed E-state index contributed by atoms with van der Waals surface area (Å²) >= 11 is 0. The molecule has 3 heteroatoms. The van der Waals surface area contributed by atoms with Crippen molar-refractivity contribution in [2.24, 2.45) is 0 Å². The van der Waals surface area contributed by atoms with Gasteiger partial charge in [-0.1, -0.05) is 64.7 Å². The van der Waals surface area contributed by atoms with Crippen LogP contribution < -0.4 is 0 Å². The Balaban J connectivity index is 3.36. The lowest BCUT2D eigenvalue weighted by molar-refractivity contribution is -0.155. The van der Waals surface area contributed by atoms with Gasteiger partial charge in [-0.2, -0.15) is 0 Å². The second kappa shape index (κ2) is 18.2. The third kappa shape index (κ3) is 16.5. The van der Waals surface area contributed by atoms with Gasteiger partial charge in [-0.15, -0.1) is 0 Å². The van der Waals surface area contributed by atoms with Crippen LogP contribution in [-0.2, 0) is 14.2 Å². The van der Waals surface area contributed by atoms with Crippen molar-refractivity contribution in [3.63, 3.8) is 0 Å². The standard InChI is InChI=1S/C20H42O3/c1-5-8-9-10-11-12-13-14-15-16-17-23-19(4)18-20(21-6-2)22-7-3/h19-20H,5-18H2,1-4H3. The first kappa shape index (κ1) is 22.9. The summed E-state index contributed by atoms with van der Waals surface area (Å²) in [6.07, 6.45) is 14.5. The minimum absolute atomic E-state index is 0.118. The number of unbranched alkanes of at least 4 members (excludes halogenated alkanes) is 9. The SMILES string of the molecule is CCCCCCCCCCCCOC(C)CC(OCC)OCC. The van der Waals surface area contributed by atoms with E-state index in [0.717, 1.165) is 13.0 Å². The zero-order chi connectivity index (χ0) is 17.2. The zero-order valence-corrected chi connectivity index (χ0v) is 16.3. The number of hydrogen-bond donors (Lipinski definition) is 0. The van der Waals surface area contributed by atoms with Gasteiger partial charge in [0.2, 0.25) is 0 Å². The highest BCUT2D eigenvalue weighted by Gasteiger charge is 2.13. The van der Waals surface area contributed by atoms with E-state index in [4.69, 9.17) is 14.2 Å². The Labute approximate surface area is 145 Å². The molecule has 0 aromatic carbocycles. The van der Waals surface area contributed by atoms with Crippen molar-refractivity contribution >= 4 is 0 Å². The van der Waals surface area contributed by atoms with Crippen molar-refractivity contribution in [3.05, 3.63) is 0 Å². The molecule has 3 nitrogen and oxygen atoms in total. The topological polar surface area (TPSA) is 27.7 Å². The van der Waals surface area contributed by atoms with Crippen LogP contribution in [0.2, 0.25) is 0 Å². The highest BCUT2D eigenvalue weighted by Crippen LogP contribution is 2.12. The highest BCUT2D eigenvalue weighted by atomic mass is 16.7. The van der Waals surface area contributed by atoms with Gasteiger partial charge in [0.05, 0.1) is 6.10 Å². The van der Waals surface area contributed by atoms with E-state index < -0.39 is 0 Å². The van der Waals surface area contributed by atoms with Crippen molar-refractivity contribution in [3.8, 4) is 0 Å². The van der Waals surface area contributed by atoms with Crippen molar-refractivity contribution in [2.45, 2.75) is 111 Å². The molecule has 0 aliphatic carbocycles. The first-order valence-corrected chi connectivity index (χ1v) is 10.1. The molecule has 1 unspecified atom stereocenters. The van der Waals surface area contributed by atoms with Gasteiger partial charge in [0, 0.05) is 26.2 Å². The molecule has 0 saturated carbocycles. The molecule has 0 heterocycles. The smallest absolute Gasteiger partial charge is 0.160 e. The Morgan fingerprint density at radius 1 is 0.609 bits per heavy atom. The highest BCUT2D eigenvalue weighted by molar-refractivity contribution is 4.55. The predicted molar refractivity (Wildman–Crippen MR) is 98.9 cm³/mol. The van der Waals surface area contributed by atoms with E-state index in [-0.39, 0.29) is 12.4 Å². The van der Waals surface area contributed by atoms with E-state index in [2.05, 4.69) is 13.8 Å². The van der Waals surface area contributed by atoms with E-state index in [1.165, 1.54) is 64.2 Å². The summed E-state index contributed by atoms with van der Waals surface area (Å²) in [5.41, 5.74) is 0. The molecule has 0 saturated heterocycles. The molecule has 0 aromatic heterocycles. The summed E-state index contributed by atoms with van der Waals surface area (Å²) in [6, 6.07) is 0. The van der Waals surface area contributed by atoms with Crippen LogP contribution in [0.15, 0.2) is 0 Å². The van der Waals surface area contributed by atoms with Gasteiger partial charge in [0.1, 0.15) is 0 Å². The molecule has 23 heavy (non-hydrogen) atoms. The molecule has 0 aliphatic rings. The lowest BCUT2D eigenvalue weighted by atomic mass is 10.1. The molecule has 0 aliphatic heterocycles. The van der Waals surface area contributed by atoms with E-state index in [1.807, 2.05) is 13.8 Å². The molecule has 0 N–H and O–H groups in total. The maximum absolute atomic E-state index is 5.88. The van der Waals surface area contributed by atoms with Crippen molar-refractivity contribution in [1.82, 2.24) is 0 Å². The molecule has 0 amide bonds. The third-order valence-electron chi connectivity index (χ3n) is 4.13. The number of hydrogen-bond acceptors (Lipinski definition) is 3. The lowest BCUT2D eigenvalue weighted by Gasteiger charge is -2.21. The molecule has 1 atom stereocenters. The van der Waals surface area contributed by atoms with E-state index in [1.54, 1.807) is 0 Å². The fraction of sp³-hybridized carbons (Fsp3) is 1.00. The summed E-state index contributed by atoms with van der Waals surface area (Å²) in [7, 11) is 0. The third-order valence-corrected chi connectivity index (χ3v) is 4.13. The van der Waals surface area contributed by atoms with Gasteiger partial charge >= 0.3 is 0 Å². The summed E-state index contributed by atoms with van der Waals surface area (Å²) in [5.74, 6) is 0. The van der Waals surface area contributed by atoms with Crippen LogP contribution in [0.4, 0.5) is 0 Å². The monoisotopic (exact) mass is 330 g/mol. The van der Waals surface area contributed by atoms with Gasteiger partial charge in [-0.3, -0.25) is 0 Å². The average Bonchev–Trinajstić information content (AvgIpc) is 2.53. The molecule has 0 bridgehead atoms. The van der Waals surface area contributed by atoms with Crippen LogP contribution in [0.3, 0.4) is 0 Å². The Kier molecular flexibility index (Phi) is 18.1. The van der Waals surface area contributed by atoms with Gasteiger partial charge in [0.15, 0.2) is 6.29 Å². The van der Waals surface area contributed by atoms with Crippen LogP contribution in [-0.4, -0.2) is 32.2 Å². The largest absolute Gasteiger partial charge is 0.378 e. The van der Waals surface area contributed by atoms with Gasteiger partial charge < -0.3 is 14.2 Å². The Morgan fingerprint density at radius 3 is 1.57 bits per heavy atom. The number of ether oxygens (including phenoxy) is 3. The quantitative estimate of drug-likeness (QED) is 0.224. The Morgan fingerprint density at radius 2 is 1.09 bits per heavy atom. The molecule has 140 valence electrons. The Hall–Kier alpha value is -0.120. The van der Waals surface area contributed by atoms with Crippen molar-refractivity contribution < 1.29 is 14.2 Å². The maximum atomic E-state index is 5.88. The fourth-order valence-corrected chi connectivity index (χ4v) is 2.77. The van der Waals surface area contributed by atoms with Gasteiger partial charge in [-0.25, -0.2) is 0 Å². The molecular weight excluding hydrogens is 288 g/mol. The lowest BCUT2D eigenvalue weighted by Crippen LogP contribution is -2.24. The average molecular weight is 331 g/mol. The molecular formula is C20H42O3. The fourth-order valence-electron chi connectivity index (χ4n) is 2.77. The predicted octanol–water partition coefficient (Wildman–Crippen LogP) is 6.10. The van der Waals surface area contributed by atoms with Crippen molar-refractivity contribution in [2.75, 3.05) is 19.8 Å². The minimum atomic E-state index is -0.118. The Bertz CT molecular complexity index is 215. The first-order valence-electron chi connectivity index (χ1n) is 10.1. The maximum Gasteiger partial charge on any atom is 0.160 e. The van der Waals surface area contributed by atoms with Crippen LogP contribution in [0.1, 0.15) is 98.3 Å². The molecule has 0 fully saturated rings. The van der Waals surface area contributed by atoms with E-state index in [9.17, 15) is 0 Å². The zero-order valence-electron chi connectivity index (χ0n) is 16.3. The van der Waals surface area contributed by atoms with Crippen LogP contribution in [0.25, 0.3) is 0 Å². The number of rotatable bonds is 18. The molecule has 0 spiro atoms. The summed E-state index contributed by atoms with van der Waals surface area (Å²) in [5, 5.41) is 0. The molecule has 0 rings (SSSR count). The normalized spacial score (nSPS) is 12.9. The van der Waals surface area contributed by atoms with Crippen LogP contribution >= 0.6 is 0 Å². The first-order chi connectivity index (χ1) is 11.2. The van der Waals surface area contributed by atoms with Crippen LogP contribution in [0, 0.1) is 0 Å².